The molecule has 1 saturated heterocycles. The fourth-order valence-electron chi connectivity index (χ4n) is 2.45. The quantitative estimate of drug-likeness (QED) is 0.445. The topological polar surface area (TPSA) is 29.5 Å². The predicted molar refractivity (Wildman–Crippen MR) is 50.0 cm³/mol. The minimum Gasteiger partial charge on any atom is -0.377 e. The summed E-state index contributed by atoms with van der Waals surface area (Å²) in [4.78, 5) is 13.0. The highest BCUT2D eigenvalue weighted by molar-refractivity contribution is 6.62. The summed E-state index contributed by atoms with van der Waals surface area (Å²) in [6.07, 6.45) is 4.46. The van der Waals surface area contributed by atoms with E-state index in [0.717, 1.165) is 12.8 Å². The number of carbonyl (C=O) groups excluding carboxylic acids is 1. The zero-order valence-corrected chi connectivity index (χ0v) is 8.35. The normalized spacial score (nSPS) is 26.7. The summed E-state index contributed by atoms with van der Waals surface area (Å²) in [6.45, 7) is 1.95. The van der Waals surface area contributed by atoms with Crippen LogP contribution in [0.2, 0.25) is 0 Å². The lowest BCUT2D eigenvalue weighted by Crippen LogP contribution is -2.56. The first-order valence-electron chi connectivity index (χ1n) is 4.79. The molecule has 0 unspecified atom stereocenters. The van der Waals surface area contributed by atoms with E-state index < -0.39 is 0 Å². The van der Waals surface area contributed by atoms with Gasteiger partial charge < -0.3 is 9.64 Å². The number of ether oxygens (including phenoxy) is 1. The van der Waals surface area contributed by atoms with Gasteiger partial charge in [-0.15, -0.1) is 0 Å². The molecule has 1 aliphatic carbocycles. The number of morpholine rings is 1. The Morgan fingerprint density at radius 3 is 2.69 bits per heavy atom. The maximum absolute atomic E-state index is 11.2. The van der Waals surface area contributed by atoms with E-state index in [1.54, 1.807) is 4.90 Å². The van der Waals surface area contributed by atoms with Gasteiger partial charge in [-0.05, 0) is 24.4 Å². The van der Waals surface area contributed by atoms with Gasteiger partial charge in [0.15, 0.2) is 0 Å². The van der Waals surface area contributed by atoms with Crippen LogP contribution in [-0.2, 0) is 4.74 Å². The molecular formula is C9H14ClNO2. The average molecular weight is 204 g/mol. The van der Waals surface area contributed by atoms with E-state index in [4.69, 9.17) is 16.3 Å². The van der Waals surface area contributed by atoms with Crippen molar-refractivity contribution in [1.82, 2.24) is 4.90 Å². The molecule has 1 amide bonds. The number of nitrogens with zero attached hydrogens (tertiary/aromatic N) is 1. The molecule has 1 aliphatic heterocycles. The van der Waals surface area contributed by atoms with E-state index in [0.29, 0.717) is 19.8 Å². The van der Waals surface area contributed by atoms with Crippen molar-refractivity contribution < 1.29 is 9.53 Å². The predicted octanol–water partition coefficient (Wildman–Crippen LogP) is 1.99. The monoisotopic (exact) mass is 203 g/mol. The van der Waals surface area contributed by atoms with Crippen LogP contribution in [-0.4, -0.2) is 35.6 Å². The largest absolute Gasteiger partial charge is 0.377 e. The lowest BCUT2D eigenvalue weighted by Gasteiger charge is -2.43. The van der Waals surface area contributed by atoms with Gasteiger partial charge in [-0.3, -0.25) is 4.79 Å². The Hall–Kier alpha value is -0.280. The SMILES string of the molecule is O=C(Cl)N1CCOCC12CCCC2. The third-order valence-electron chi connectivity index (χ3n) is 3.15. The van der Waals surface area contributed by atoms with Gasteiger partial charge in [-0.2, -0.15) is 0 Å². The van der Waals surface area contributed by atoms with Crippen LogP contribution < -0.4 is 0 Å². The second kappa shape index (κ2) is 3.46. The van der Waals surface area contributed by atoms with Crippen molar-refractivity contribution in [2.24, 2.45) is 0 Å². The zero-order valence-electron chi connectivity index (χ0n) is 7.59. The fraction of sp³-hybridized carbons (Fsp3) is 0.889. The highest BCUT2D eigenvalue weighted by atomic mass is 35.5. The number of carbonyl (C=O) groups is 1. The highest BCUT2D eigenvalue weighted by Crippen LogP contribution is 2.37. The van der Waals surface area contributed by atoms with Gasteiger partial charge in [0.25, 0.3) is 0 Å². The molecule has 0 radical (unpaired) electrons. The average Bonchev–Trinajstić information content (AvgIpc) is 2.54. The molecule has 2 fully saturated rings. The minimum absolute atomic E-state index is 0.0584. The highest BCUT2D eigenvalue weighted by Gasteiger charge is 2.43. The molecule has 2 aliphatic rings. The van der Waals surface area contributed by atoms with Crippen LogP contribution in [0, 0.1) is 0 Å². The molecule has 13 heavy (non-hydrogen) atoms. The van der Waals surface area contributed by atoms with Crippen LogP contribution in [0.1, 0.15) is 25.7 Å². The molecule has 0 aromatic carbocycles. The van der Waals surface area contributed by atoms with Crippen LogP contribution >= 0.6 is 11.6 Å². The van der Waals surface area contributed by atoms with Gasteiger partial charge in [0.05, 0.1) is 18.8 Å². The molecule has 0 bridgehead atoms. The Bertz CT molecular complexity index is 214. The molecular weight excluding hydrogens is 190 g/mol. The number of amides is 1. The summed E-state index contributed by atoms with van der Waals surface area (Å²) in [5, 5.41) is -0.315. The lowest BCUT2D eigenvalue weighted by molar-refractivity contribution is -0.0372. The fourth-order valence-corrected chi connectivity index (χ4v) is 2.72. The Morgan fingerprint density at radius 1 is 1.38 bits per heavy atom. The first-order valence-corrected chi connectivity index (χ1v) is 5.17. The maximum Gasteiger partial charge on any atom is 0.316 e. The van der Waals surface area contributed by atoms with Crippen LogP contribution in [0.25, 0.3) is 0 Å². The summed E-state index contributed by atoms with van der Waals surface area (Å²) >= 11 is 5.56. The van der Waals surface area contributed by atoms with Crippen LogP contribution in [0.5, 0.6) is 0 Å². The van der Waals surface area contributed by atoms with Gasteiger partial charge in [0.2, 0.25) is 0 Å². The molecule has 2 rings (SSSR count). The van der Waals surface area contributed by atoms with Crippen molar-refractivity contribution in [3.05, 3.63) is 0 Å². The second-order valence-corrected chi connectivity index (χ2v) is 4.21. The van der Waals surface area contributed by atoms with Gasteiger partial charge in [-0.25, -0.2) is 0 Å². The molecule has 0 aromatic rings. The summed E-state index contributed by atoms with van der Waals surface area (Å²) < 4.78 is 5.44. The third-order valence-corrected chi connectivity index (χ3v) is 3.35. The van der Waals surface area contributed by atoms with E-state index in [9.17, 15) is 4.79 Å². The Kier molecular flexibility index (Phi) is 2.47. The molecule has 0 atom stereocenters. The first kappa shape index (κ1) is 9.28. The molecule has 1 heterocycles. The molecule has 0 N–H and O–H groups in total. The first-order chi connectivity index (χ1) is 6.25. The second-order valence-electron chi connectivity index (χ2n) is 3.89. The summed E-state index contributed by atoms with van der Waals surface area (Å²) in [6, 6.07) is 0. The molecule has 3 nitrogen and oxygen atoms in total. The smallest absolute Gasteiger partial charge is 0.316 e. The third kappa shape index (κ3) is 1.55. The Balaban J connectivity index is 2.16. The number of rotatable bonds is 0. The van der Waals surface area contributed by atoms with Gasteiger partial charge in [0.1, 0.15) is 0 Å². The van der Waals surface area contributed by atoms with Gasteiger partial charge in [-0.1, -0.05) is 12.8 Å². The van der Waals surface area contributed by atoms with Gasteiger partial charge in [0, 0.05) is 6.54 Å². The molecule has 1 saturated carbocycles. The van der Waals surface area contributed by atoms with E-state index in [-0.39, 0.29) is 10.9 Å². The van der Waals surface area contributed by atoms with Crippen LogP contribution in [0.4, 0.5) is 4.79 Å². The van der Waals surface area contributed by atoms with E-state index >= 15 is 0 Å². The molecule has 4 heteroatoms. The van der Waals surface area contributed by atoms with Crippen molar-refractivity contribution in [1.29, 1.82) is 0 Å². The number of hydrogen-bond acceptors (Lipinski definition) is 2. The maximum atomic E-state index is 11.2. The summed E-state index contributed by atoms with van der Waals surface area (Å²) in [5.74, 6) is 0. The standard InChI is InChI=1S/C9H14ClNO2/c10-8(12)11-5-6-13-7-9(11)3-1-2-4-9/h1-7H2. The number of hydrogen-bond donors (Lipinski definition) is 0. The lowest BCUT2D eigenvalue weighted by atomic mass is 9.95. The molecule has 1 spiro atoms. The van der Waals surface area contributed by atoms with Gasteiger partial charge >= 0.3 is 5.37 Å². The van der Waals surface area contributed by atoms with Crippen LogP contribution in [0.15, 0.2) is 0 Å². The van der Waals surface area contributed by atoms with Crippen molar-refractivity contribution in [2.75, 3.05) is 19.8 Å². The molecule has 74 valence electrons. The Labute approximate surface area is 83.0 Å². The van der Waals surface area contributed by atoms with Crippen LogP contribution in [0.3, 0.4) is 0 Å². The van der Waals surface area contributed by atoms with Crippen molar-refractivity contribution in [2.45, 2.75) is 31.2 Å². The van der Waals surface area contributed by atoms with E-state index in [1.807, 2.05) is 0 Å². The van der Waals surface area contributed by atoms with E-state index in [2.05, 4.69) is 0 Å². The zero-order chi connectivity index (χ0) is 9.31. The van der Waals surface area contributed by atoms with Crippen molar-refractivity contribution >= 4 is 17.0 Å². The Morgan fingerprint density at radius 2 is 2.08 bits per heavy atom. The minimum atomic E-state index is -0.315. The molecule has 0 aromatic heterocycles. The van der Waals surface area contributed by atoms with E-state index in [1.165, 1.54) is 12.8 Å². The number of halogens is 1. The summed E-state index contributed by atoms with van der Waals surface area (Å²) in [5.41, 5.74) is -0.0584. The van der Waals surface area contributed by atoms with Crippen molar-refractivity contribution in [3.8, 4) is 0 Å². The summed E-state index contributed by atoms with van der Waals surface area (Å²) in [7, 11) is 0. The van der Waals surface area contributed by atoms with Crippen molar-refractivity contribution in [3.63, 3.8) is 0 Å².